The summed E-state index contributed by atoms with van der Waals surface area (Å²) in [4.78, 5) is 4.32. The molecule has 2 saturated heterocycles. The van der Waals surface area contributed by atoms with Crippen LogP contribution in [0.4, 0.5) is 0 Å². The van der Waals surface area contributed by atoms with E-state index in [-0.39, 0.29) is 17.5 Å². The van der Waals surface area contributed by atoms with E-state index in [9.17, 15) is 13.5 Å². The van der Waals surface area contributed by atoms with E-state index in [1.165, 1.54) is 0 Å². The van der Waals surface area contributed by atoms with E-state index < -0.39 is 15.9 Å². The maximum atomic E-state index is 11.4. The van der Waals surface area contributed by atoms with Gasteiger partial charge in [0.25, 0.3) is 0 Å². The van der Waals surface area contributed by atoms with Gasteiger partial charge in [-0.1, -0.05) is 0 Å². The largest absolute Gasteiger partial charge is 0.390 e. The molecule has 0 spiro atoms. The van der Waals surface area contributed by atoms with Crippen molar-refractivity contribution >= 4 is 9.84 Å². The molecule has 0 unspecified atom stereocenters. The third-order valence-corrected chi connectivity index (χ3v) is 5.00. The van der Waals surface area contributed by atoms with Crippen LogP contribution in [-0.4, -0.2) is 80.2 Å². The van der Waals surface area contributed by atoms with E-state index in [1.807, 2.05) is 0 Å². The summed E-state index contributed by atoms with van der Waals surface area (Å²) in [5.74, 6) is 0.0574. The predicted molar refractivity (Wildman–Crippen MR) is 57.5 cm³/mol. The lowest BCUT2D eigenvalue weighted by molar-refractivity contribution is 0.0512. The molecule has 2 rings (SSSR count). The summed E-state index contributed by atoms with van der Waals surface area (Å²) in [5, 5.41) is 9.71. The van der Waals surface area contributed by atoms with Gasteiger partial charge in [-0.05, 0) is 7.05 Å². The summed E-state index contributed by atoms with van der Waals surface area (Å²) >= 11 is 0. The van der Waals surface area contributed by atoms with Crippen LogP contribution in [0.3, 0.4) is 0 Å². The molecule has 5 nitrogen and oxygen atoms in total. The summed E-state index contributed by atoms with van der Waals surface area (Å²) in [6, 6.07) is -0.177. The molecule has 0 aromatic heterocycles. The zero-order valence-corrected chi connectivity index (χ0v) is 9.78. The highest BCUT2D eigenvalue weighted by atomic mass is 32.2. The van der Waals surface area contributed by atoms with E-state index >= 15 is 0 Å². The van der Waals surface area contributed by atoms with Crippen LogP contribution in [0.1, 0.15) is 0 Å². The van der Waals surface area contributed by atoms with E-state index in [0.29, 0.717) is 0 Å². The summed E-state index contributed by atoms with van der Waals surface area (Å²) in [6.45, 7) is 3.61. The van der Waals surface area contributed by atoms with Crippen molar-refractivity contribution < 1.29 is 13.5 Å². The highest BCUT2D eigenvalue weighted by Crippen LogP contribution is 2.19. The van der Waals surface area contributed by atoms with E-state index in [2.05, 4.69) is 16.8 Å². The minimum atomic E-state index is -3.01. The Bertz CT molecular complexity index is 322. The Morgan fingerprint density at radius 3 is 2.20 bits per heavy atom. The highest BCUT2D eigenvalue weighted by Gasteiger charge is 2.40. The number of likely N-dealkylation sites (N-methyl/N-ethyl adjacent to an activating group) is 1. The van der Waals surface area contributed by atoms with Gasteiger partial charge in [-0.15, -0.1) is 0 Å². The van der Waals surface area contributed by atoms with Crippen LogP contribution in [0, 0.1) is 0 Å². The number of nitrogens with zero attached hydrogens (tertiary/aromatic N) is 2. The van der Waals surface area contributed by atoms with Crippen molar-refractivity contribution in [2.75, 3.05) is 44.7 Å². The second-order valence-electron chi connectivity index (χ2n) is 4.55. The normalized spacial score (nSPS) is 38.3. The topological polar surface area (TPSA) is 60.9 Å². The Balaban J connectivity index is 2.00. The molecule has 0 aromatic carbocycles. The lowest BCUT2D eigenvalue weighted by atomic mass is 10.1. The summed E-state index contributed by atoms with van der Waals surface area (Å²) in [6.07, 6.45) is -0.696. The first-order valence-electron chi connectivity index (χ1n) is 5.29. The van der Waals surface area contributed by atoms with Crippen molar-refractivity contribution in [1.82, 2.24) is 9.80 Å². The molecular formula is C9H18N2O3S. The zero-order chi connectivity index (χ0) is 11.1. The molecule has 6 heteroatoms. The molecule has 15 heavy (non-hydrogen) atoms. The second kappa shape index (κ2) is 4.01. The van der Waals surface area contributed by atoms with Crippen LogP contribution in [0.5, 0.6) is 0 Å². The van der Waals surface area contributed by atoms with Gasteiger partial charge in [0.15, 0.2) is 9.84 Å². The van der Waals surface area contributed by atoms with Gasteiger partial charge in [-0.25, -0.2) is 8.42 Å². The molecule has 0 aliphatic carbocycles. The highest BCUT2D eigenvalue weighted by molar-refractivity contribution is 7.91. The van der Waals surface area contributed by atoms with Gasteiger partial charge >= 0.3 is 0 Å². The van der Waals surface area contributed by atoms with Crippen molar-refractivity contribution in [1.29, 1.82) is 0 Å². The Morgan fingerprint density at radius 1 is 1.13 bits per heavy atom. The summed E-state index contributed by atoms with van der Waals surface area (Å²) < 4.78 is 22.7. The minimum Gasteiger partial charge on any atom is -0.390 e. The number of piperazine rings is 1. The van der Waals surface area contributed by atoms with Gasteiger partial charge < -0.3 is 10.0 Å². The molecule has 1 N–H and O–H groups in total. The fraction of sp³-hybridized carbons (Fsp3) is 1.00. The smallest absolute Gasteiger partial charge is 0.154 e. The average Bonchev–Trinajstić information content (AvgIpc) is 2.41. The Kier molecular flexibility index (Phi) is 3.03. The first-order chi connectivity index (χ1) is 6.98. The maximum absolute atomic E-state index is 11.4. The van der Waals surface area contributed by atoms with Crippen molar-refractivity contribution in [3.05, 3.63) is 0 Å². The average molecular weight is 234 g/mol. The Hall–Kier alpha value is -0.170. The van der Waals surface area contributed by atoms with Gasteiger partial charge in [-0.2, -0.15) is 0 Å². The fourth-order valence-corrected chi connectivity index (χ4v) is 4.14. The van der Waals surface area contributed by atoms with E-state index in [0.717, 1.165) is 26.2 Å². The Labute approximate surface area is 90.6 Å². The van der Waals surface area contributed by atoms with Gasteiger partial charge in [0.05, 0.1) is 23.7 Å². The van der Waals surface area contributed by atoms with Crippen LogP contribution in [0.2, 0.25) is 0 Å². The van der Waals surface area contributed by atoms with Gasteiger partial charge in [0.1, 0.15) is 0 Å². The number of aliphatic hydroxyl groups is 1. The molecule has 2 aliphatic rings. The summed E-state index contributed by atoms with van der Waals surface area (Å²) in [5.41, 5.74) is 0. The minimum absolute atomic E-state index is 0.0655. The van der Waals surface area contributed by atoms with Gasteiger partial charge in [-0.3, -0.25) is 4.90 Å². The maximum Gasteiger partial charge on any atom is 0.154 e. The lowest BCUT2D eigenvalue weighted by Crippen LogP contribution is -2.52. The molecule has 2 aliphatic heterocycles. The van der Waals surface area contributed by atoms with Crippen LogP contribution >= 0.6 is 0 Å². The number of aliphatic hydroxyl groups excluding tert-OH is 1. The van der Waals surface area contributed by atoms with Crippen molar-refractivity contribution in [3.63, 3.8) is 0 Å². The summed E-state index contributed by atoms with van der Waals surface area (Å²) in [7, 11) is -0.958. The van der Waals surface area contributed by atoms with Crippen molar-refractivity contribution in [2.24, 2.45) is 0 Å². The first kappa shape index (κ1) is 11.3. The zero-order valence-electron chi connectivity index (χ0n) is 8.96. The molecule has 2 fully saturated rings. The lowest BCUT2D eigenvalue weighted by Gasteiger charge is -2.36. The molecule has 88 valence electrons. The third-order valence-electron chi connectivity index (χ3n) is 3.30. The molecule has 0 amide bonds. The molecule has 0 bridgehead atoms. The molecule has 2 heterocycles. The monoisotopic (exact) mass is 234 g/mol. The van der Waals surface area contributed by atoms with Gasteiger partial charge in [0, 0.05) is 26.2 Å². The standard InChI is InChI=1S/C9H18N2O3S/c1-10-2-4-11(5-3-10)8-6-15(13,14)7-9(8)12/h8-9,12H,2-7H2,1H3/t8-,9-/m1/s1. The van der Waals surface area contributed by atoms with Crippen LogP contribution < -0.4 is 0 Å². The first-order valence-corrected chi connectivity index (χ1v) is 7.11. The fourth-order valence-electron chi connectivity index (χ4n) is 2.31. The van der Waals surface area contributed by atoms with E-state index in [4.69, 9.17) is 0 Å². The quantitative estimate of drug-likeness (QED) is 0.591. The van der Waals surface area contributed by atoms with Crippen molar-refractivity contribution in [2.45, 2.75) is 12.1 Å². The molecule has 0 aromatic rings. The Morgan fingerprint density at radius 2 is 1.73 bits per heavy atom. The number of hydrogen-bond donors (Lipinski definition) is 1. The number of rotatable bonds is 1. The molecule has 0 saturated carbocycles. The second-order valence-corrected chi connectivity index (χ2v) is 6.70. The number of sulfone groups is 1. The van der Waals surface area contributed by atoms with Crippen LogP contribution in [0.25, 0.3) is 0 Å². The molecular weight excluding hydrogens is 216 g/mol. The third kappa shape index (κ3) is 2.50. The van der Waals surface area contributed by atoms with Crippen LogP contribution in [0.15, 0.2) is 0 Å². The van der Waals surface area contributed by atoms with Crippen molar-refractivity contribution in [3.8, 4) is 0 Å². The van der Waals surface area contributed by atoms with E-state index in [1.54, 1.807) is 0 Å². The SMILES string of the molecule is CN1CCN([C@@H]2CS(=O)(=O)C[C@H]2O)CC1. The molecule has 0 radical (unpaired) electrons. The van der Waals surface area contributed by atoms with Gasteiger partial charge in [0.2, 0.25) is 0 Å². The molecule has 2 atom stereocenters. The van der Waals surface area contributed by atoms with Crippen LogP contribution in [-0.2, 0) is 9.84 Å². The predicted octanol–water partition coefficient (Wildman–Crippen LogP) is -1.61. The number of hydrogen-bond acceptors (Lipinski definition) is 5.